The van der Waals surface area contributed by atoms with E-state index in [-0.39, 0.29) is 0 Å². The van der Waals surface area contributed by atoms with Crippen LogP contribution >= 0.6 is 0 Å². The molecule has 1 atom stereocenters. The molecule has 0 aromatic heterocycles. The number of carbonyl (C=O) groups is 1. The van der Waals surface area contributed by atoms with E-state index >= 15 is 0 Å². The van der Waals surface area contributed by atoms with Crippen LogP contribution in [0.2, 0.25) is 0 Å². The number of hydrogen-bond acceptors (Lipinski definition) is 3. The second-order valence-corrected chi connectivity index (χ2v) is 2.10. The van der Waals surface area contributed by atoms with Gasteiger partial charge >= 0.3 is 5.97 Å². The second-order valence-electron chi connectivity index (χ2n) is 2.10. The smallest absolute Gasteiger partial charge is 0.332 e. The Morgan fingerprint density at radius 1 is 1.70 bits per heavy atom. The van der Waals surface area contributed by atoms with Crippen LogP contribution in [0.25, 0.3) is 0 Å². The largest absolute Gasteiger partial charge is 0.480 e. The van der Waals surface area contributed by atoms with Gasteiger partial charge in [-0.3, -0.25) is 0 Å². The molecule has 1 N–H and O–H groups in total. The first-order valence-electron chi connectivity index (χ1n) is 3.27. The lowest BCUT2D eigenvalue weighted by Crippen LogP contribution is -2.16. The standard InChI is InChI=1S/C6H11NO3/c1-2-3-4-5(7-10)6(8)9/h5H,2-4H2,1H3,(H,8,9)/t5-/m1/s1. The predicted octanol–water partition coefficient (Wildman–Crippen LogP) is 1.40. The van der Waals surface area contributed by atoms with Crippen LogP contribution in [-0.4, -0.2) is 17.1 Å². The molecule has 4 nitrogen and oxygen atoms in total. The minimum absolute atomic E-state index is 0.356. The summed E-state index contributed by atoms with van der Waals surface area (Å²) in [6.45, 7) is 1.93. The van der Waals surface area contributed by atoms with E-state index in [2.05, 4.69) is 5.18 Å². The van der Waals surface area contributed by atoms with Crippen molar-refractivity contribution in [3.63, 3.8) is 0 Å². The molecule has 58 valence electrons. The topological polar surface area (TPSA) is 66.7 Å². The average molecular weight is 145 g/mol. The number of carboxylic acid groups (broad SMARTS) is 1. The molecule has 10 heavy (non-hydrogen) atoms. The van der Waals surface area contributed by atoms with Crippen molar-refractivity contribution in [3.05, 3.63) is 4.91 Å². The summed E-state index contributed by atoms with van der Waals surface area (Å²) in [5, 5.41) is 10.8. The third-order valence-corrected chi connectivity index (χ3v) is 1.24. The Labute approximate surface area is 59.2 Å². The van der Waals surface area contributed by atoms with E-state index in [9.17, 15) is 9.70 Å². The molecule has 0 amide bonds. The van der Waals surface area contributed by atoms with Gasteiger partial charge in [0.25, 0.3) is 0 Å². The quantitative estimate of drug-likeness (QED) is 0.594. The Morgan fingerprint density at radius 2 is 2.30 bits per heavy atom. The molecule has 0 saturated carbocycles. The maximum atomic E-state index is 10.1. The normalized spacial score (nSPS) is 12.5. The van der Waals surface area contributed by atoms with E-state index in [1.54, 1.807) is 0 Å². The monoisotopic (exact) mass is 145 g/mol. The third-order valence-electron chi connectivity index (χ3n) is 1.24. The number of carboxylic acids is 1. The minimum Gasteiger partial charge on any atom is -0.480 e. The van der Waals surface area contributed by atoms with Crippen molar-refractivity contribution in [3.8, 4) is 0 Å². The summed E-state index contributed by atoms with van der Waals surface area (Å²) in [7, 11) is 0. The highest BCUT2D eigenvalue weighted by atomic mass is 16.4. The summed E-state index contributed by atoms with van der Waals surface area (Å²) >= 11 is 0. The lowest BCUT2D eigenvalue weighted by Gasteiger charge is -1.99. The molecule has 0 aromatic rings. The van der Waals surface area contributed by atoms with Crippen molar-refractivity contribution >= 4 is 5.97 Å². The molecule has 0 aromatic carbocycles. The summed E-state index contributed by atoms with van der Waals surface area (Å²) in [5.41, 5.74) is 0. The summed E-state index contributed by atoms with van der Waals surface area (Å²) in [6.07, 6.45) is 1.98. The zero-order valence-corrected chi connectivity index (χ0v) is 5.91. The van der Waals surface area contributed by atoms with Gasteiger partial charge in [0.2, 0.25) is 0 Å². The highest BCUT2D eigenvalue weighted by Crippen LogP contribution is 2.03. The van der Waals surface area contributed by atoms with Gasteiger partial charge in [-0.2, -0.15) is 0 Å². The summed E-state index contributed by atoms with van der Waals surface area (Å²) < 4.78 is 0. The van der Waals surface area contributed by atoms with E-state index in [4.69, 9.17) is 5.11 Å². The van der Waals surface area contributed by atoms with E-state index in [0.29, 0.717) is 6.42 Å². The first kappa shape index (κ1) is 9.07. The van der Waals surface area contributed by atoms with Gasteiger partial charge in [-0.25, -0.2) is 4.79 Å². The summed E-state index contributed by atoms with van der Waals surface area (Å²) in [4.78, 5) is 20.0. The zero-order valence-electron chi connectivity index (χ0n) is 5.91. The highest BCUT2D eigenvalue weighted by Gasteiger charge is 2.15. The maximum Gasteiger partial charge on any atom is 0.332 e. The molecule has 0 saturated heterocycles. The molecular formula is C6H11NO3. The van der Waals surface area contributed by atoms with Crippen molar-refractivity contribution in [1.82, 2.24) is 0 Å². The molecular weight excluding hydrogens is 134 g/mol. The first-order chi connectivity index (χ1) is 4.72. The molecule has 0 aliphatic heterocycles. The van der Waals surface area contributed by atoms with Gasteiger partial charge in [-0.1, -0.05) is 24.9 Å². The fraction of sp³-hybridized carbons (Fsp3) is 0.833. The van der Waals surface area contributed by atoms with Crippen LogP contribution in [0.1, 0.15) is 26.2 Å². The van der Waals surface area contributed by atoms with Crippen molar-refractivity contribution < 1.29 is 9.90 Å². The Morgan fingerprint density at radius 3 is 2.60 bits per heavy atom. The van der Waals surface area contributed by atoms with Crippen LogP contribution in [0.3, 0.4) is 0 Å². The first-order valence-corrected chi connectivity index (χ1v) is 3.27. The van der Waals surface area contributed by atoms with Gasteiger partial charge in [0.15, 0.2) is 6.04 Å². The Kier molecular flexibility index (Phi) is 4.45. The van der Waals surface area contributed by atoms with Gasteiger partial charge < -0.3 is 5.11 Å². The molecule has 0 unspecified atom stereocenters. The van der Waals surface area contributed by atoms with Crippen molar-refractivity contribution in [1.29, 1.82) is 0 Å². The fourth-order valence-corrected chi connectivity index (χ4v) is 0.619. The van der Waals surface area contributed by atoms with Gasteiger partial charge in [0.05, 0.1) is 0 Å². The molecule has 0 spiro atoms. The number of rotatable bonds is 5. The van der Waals surface area contributed by atoms with Gasteiger partial charge in [-0.15, -0.1) is 4.91 Å². The van der Waals surface area contributed by atoms with Gasteiger partial charge in [0, 0.05) is 0 Å². The maximum absolute atomic E-state index is 10.1. The van der Waals surface area contributed by atoms with Crippen LogP contribution in [-0.2, 0) is 4.79 Å². The lowest BCUT2D eigenvalue weighted by molar-refractivity contribution is -0.138. The third kappa shape index (κ3) is 3.17. The summed E-state index contributed by atoms with van der Waals surface area (Å²) in [6, 6.07) is -1.04. The van der Waals surface area contributed by atoms with Crippen LogP contribution < -0.4 is 0 Å². The van der Waals surface area contributed by atoms with E-state index in [1.807, 2.05) is 6.92 Å². The second kappa shape index (κ2) is 4.90. The lowest BCUT2D eigenvalue weighted by atomic mass is 10.1. The molecule has 0 fully saturated rings. The molecule has 0 heterocycles. The predicted molar refractivity (Wildman–Crippen MR) is 36.7 cm³/mol. The number of nitroso groups, excluding NO2 is 1. The van der Waals surface area contributed by atoms with Crippen molar-refractivity contribution in [2.75, 3.05) is 0 Å². The molecule has 4 heteroatoms. The highest BCUT2D eigenvalue weighted by molar-refractivity contribution is 5.73. The van der Waals surface area contributed by atoms with Gasteiger partial charge in [-0.05, 0) is 6.42 Å². The van der Waals surface area contributed by atoms with E-state index < -0.39 is 12.0 Å². The Balaban J connectivity index is 3.60. The molecule has 0 rings (SSSR count). The Hall–Kier alpha value is -0.930. The van der Waals surface area contributed by atoms with Crippen molar-refractivity contribution in [2.45, 2.75) is 32.2 Å². The SMILES string of the molecule is CCCC[C@@H](N=O)C(=O)O. The van der Waals surface area contributed by atoms with Crippen LogP contribution in [0.5, 0.6) is 0 Å². The van der Waals surface area contributed by atoms with Gasteiger partial charge in [0.1, 0.15) is 0 Å². The fourth-order valence-electron chi connectivity index (χ4n) is 0.619. The van der Waals surface area contributed by atoms with E-state index in [1.165, 1.54) is 0 Å². The number of nitrogens with zero attached hydrogens (tertiary/aromatic N) is 1. The number of unbranched alkanes of at least 4 members (excludes halogenated alkanes) is 1. The number of hydrogen-bond donors (Lipinski definition) is 1. The summed E-state index contributed by atoms with van der Waals surface area (Å²) in [5.74, 6) is -1.12. The molecule has 0 radical (unpaired) electrons. The van der Waals surface area contributed by atoms with E-state index in [0.717, 1.165) is 12.8 Å². The minimum atomic E-state index is -1.12. The van der Waals surface area contributed by atoms with Crippen LogP contribution in [0, 0.1) is 4.91 Å². The molecule has 0 aliphatic carbocycles. The average Bonchev–Trinajstić information content (AvgIpc) is 1.89. The van der Waals surface area contributed by atoms with Crippen LogP contribution in [0.15, 0.2) is 5.18 Å². The van der Waals surface area contributed by atoms with Crippen molar-refractivity contribution in [2.24, 2.45) is 5.18 Å². The molecule has 0 bridgehead atoms. The zero-order chi connectivity index (χ0) is 7.98. The Bertz CT molecular complexity index is 124. The molecule has 0 aliphatic rings. The van der Waals surface area contributed by atoms with Crippen LogP contribution in [0.4, 0.5) is 0 Å². The number of aliphatic carboxylic acids is 1.